The highest BCUT2D eigenvalue weighted by Gasteiger charge is 2.59. The molecule has 0 spiro atoms. The fraction of sp³-hybridized carbons (Fsp3) is 0.410. The molecule has 5 aliphatic rings. The molecular weight excluding hydrogens is 1710 g/mol. The molecule has 22 nitrogen and oxygen atoms in total. The minimum Gasteiger partial charge on any atom is -0.395 e. The van der Waals surface area contributed by atoms with Gasteiger partial charge in [-0.15, -0.1) is 58.8 Å². The Morgan fingerprint density at radius 2 is 0.630 bits per heavy atom. The van der Waals surface area contributed by atoms with Crippen molar-refractivity contribution in [3.63, 3.8) is 0 Å². The van der Waals surface area contributed by atoms with Crippen LogP contribution in [0.15, 0.2) is 285 Å². The zero-order valence-electron chi connectivity index (χ0n) is 73.8. The molecule has 0 radical (unpaired) electrons. The van der Waals surface area contributed by atoms with Crippen LogP contribution in [0.2, 0.25) is 0 Å². The second-order valence-electron chi connectivity index (χ2n) is 32.5. The van der Waals surface area contributed by atoms with Crippen LogP contribution in [0, 0.1) is 11.3 Å². The highest BCUT2D eigenvalue weighted by Crippen LogP contribution is 2.56. The fourth-order valence-electron chi connectivity index (χ4n) is 15.4. The van der Waals surface area contributed by atoms with Crippen molar-refractivity contribution in [2.75, 3.05) is 53.1 Å². The molecular formula is C100H122N3O19S5+. The minimum absolute atomic E-state index is 0. The summed E-state index contributed by atoms with van der Waals surface area (Å²) in [5.74, 6) is 6.41. The zero-order chi connectivity index (χ0) is 90.2. The van der Waals surface area contributed by atoms with E-state index in [1.807, 2.05) is 213 Å². The maximum atomic E-state index is 11.0. The Hall–Kier alpha value is -7.46. The first-order valence-electron chi connectivity index (χ1n) is 42.4. The molecule has 9 aromatic carbocycles. The predicted molar refractivity (Wildman–Crippen MR) is 503 cm³/mol. The SMILES string of the molecule is COC1S[C@H](CO)[C@@H](O)[C@@]1(C)O.COC1S[C@H](COCc2ccccc2)[C@@H](OCc2ccccc2)[C@@]1(C)OCc1ccccc1.C[C@@]1(OCc2ccccc2)[C@H](OCc2ccccc2)[C@@H](COCc2ccccc2)S[C@H]1c1ccc(C#N)n1N.C[C@]1(O)C(O)S[C@H](CO)[C@H]1O.C[C@]1(OCc2ccccc2)C(O)S[C@H](COCc2ccccc2)[C@H]1OCc1ccccc1.[H+]. The van der Waals surface area contributed by atoms with Crippen molar-refractivity contribution in [1.82, 2.24) is 4.68 Å². The van der Waals surface area contributed by atoms with Gasteiger partial charge in [0.05, 0.1) is 142 Å². The van der Waals surface area contributed by atoms with Gasteiger partial charge in [-0.05, 0) is 96.8 Å². The molecule has 0 aliphatic carbocycles. The van der Waals surface area contributed by atoms with Crippen molar-refractivity contribution in [2.24, 2.45) is 0 Å². The van der Waals surface area contributed by atoms with Gasteiger partial charge in [0, 0.05) is 14.2 Å². The van der Waals surface area contributed by atoms with E-state index >= 15 is 0 Å². The number of nitrogens with zero attached hydrogens (tertiary/aromatic N) is 2. The number of nitriles is 1. The molecule has 0 saturated carbocycles. The van der Waals surface area contributed by atoms with Crippen LogP contribution < -0.4 is 5.84 Å². The van der Waals surface area contributed by atoms with Crippen LogP contribution in [-0.2, 0) is 112 Å². The highest BCUT2D eigenvalue weighted by molar-refractivity contribution is 8.01. The lowest BCUT2D eigenvalue weighted by atomic mass is 9.90. The van der Waals surface area contributed by atoms with Gasteiger partial charge in [-0.2, -0.15) is 5.26 Å². The van der Waals surface area contributed by atoms with Gasteiger partial charge in [0.2, 0.25) is 0 Å². The number of thioether (sulfide) groups is 5. The first-order valence-corrected chi connectivity index (χ1v) is 47.1. The third-order valence-corrected chi connectivity index (χ3v) is 30.9. The van der Waals surface area contributed by atoms with Gasteiger partial charge in [0.1, 0.15) is 79.8 Å². The molecule has 5 saturated heterocycles. The molecule has 127 heavy (non-hydrogen) atoms. The molecule has 10 aromatic rings. The van der Waals surface area contributed by atoms with Gasteiger partial charge in [0.15, 0.2) is 0 Å². The summed E-state index contributed by atoms with van der Waals surface area (Å²) >= 11 is 7.18. The van der Waals surface area contributed by atoms with Crippen LogP contribution in [0.5, 0.6) is 0 Å². The van der Waals surface area contributed by atoms with E-state index in [1.54, 1.807) is 36.7 Å². The third-order valence-electron chi connectivity index (χ3n) is 22.9. The number of rotatable bonds is 35. The largest absolute Gasteiger partial charge is 1.00 e. The van der Waals surface area contributed by atoms with E-state index in [4.69, 9.17) is 68.2 Å². The topological polar surface area (TPSA) is 318 Å². The van der Waals surface area contributed by atoms with Crippen LogP contribution in [0.4, 0.5) is 0 Å². The van der Waals surface area contributed by atoms with E-state index in [0.29, 0.717) is 85.0 Å². The van der Waals surface area contributed by atoms with Crippen molar-refractivity contribution < 1.29 is 94.4 Å². The van der Waals surface area contributed by atoms with Gasteiger partial charge in [-0.25, -0.2) is 0 Å². The Balaban J connectivity index is 0.000000177. The van der Waals surface area contributed by atoms with Gasteiger partial charge >= 0.3 is 1.43 Å². The lowest BCUT2D eigenvalue weighted by molar-refractivity contribution is -0.174. The van der Waals surface area contributed by atoms with Crippen molar-refractivity contribution >= 4 is 58.8 Å². The number of nitrogen functional groups attached to an aromatic ring is 1. The first-order chi connectivity index (χ1) is 61.4. The summed E-state index contributed by atoms with van der Waals surface area (Å²) < 4.78 is 70.0. The summed E-state index contributed by atoms with van der Waals surface area (Å²) in [4.78, 5) is 0. The maximum Gasteiger partial charge on any atom is 1.00 e. The normalized spacial score (nSPS) is 28.7. The molecule has 4 unspecified atom stereocenters. The van der Waals surface area contributed by atoms with E-state index in [0.717, 1.165) is 67.5 Å². The number of ether oxygens (including phenoxy) is 11. The molecule has 5 fully saturated rings. The average molecular weight is 1830 g/mol. The molecule has 20 atom stereocenters. The number of nitrogens with two attached hydrogens (primary N) is 1. The number of aromatic nitrogens is 1. The number of aliphatic hydroxyl groups is 8. The number of hydrogen-bond donors (Lipinski definition) is 9. The number of benzene rings is 9. The summed E-state index contributed by atoms with van der Waals surface area (Å²) in [5.41, 5.74) is 3.88. The lowest BCUT2D eigenvalue weighted by Crippen LogP contribution is -2.50. The van der Waals surface area contributed by atoms with Crippen molar-refractivity contribution in [2.45, 2.75) is 206 Å². The van der Waals surface area contributed by atoms with Gasteiger partial charge < -0.3 is 98.8 Å². The minimum atomic E-state index is -1.50. The molecule has 10 N–H and O–H groups in total. The van der Waals surface area contributed by atoms with Gasteiger partial charge in [0.25, 0.3) is 0 Å². The van der Waals surface area contributed by atoms with Crippen LogP contribution in [0.1, 0.15) is 103 Å². The third kappa shape index (κ3) is 27.4. The number of hydrogen-bond acceptors (Lipinski definition) is 26. The zero-order valence-corrected chi connectivity index (χ0v) is 76.9. The quantitative estimate of drug-likeness (QED) is 0.0167. The lowest BCUT2D eigenvalue weighted by Gasteiger charge is -2.37. The predicted octanol–water partition coefficient (Wildman–Crippen LogP) is 14.9. The van der Waals surface area contributed by atoms with Crippen LogP contribution in [-0.4, -0.2) is 199 Å². The van der Waals surface area contributed by atoms with Crippen LogP contribution in [0.25, 0.3) is 0 Å². The second-order valence-corrected chi connectivity index (χ2v) is 39.1. The number of methoxy groups -OCH3 is 2. The Morgan fingerprint density at radius 1 is 0.346 bits per heavy atom. The summed E-state index contributed by atoms with van der Waals surface area (Å²) in [6, 6.07) is 97.2. The monoisotopic (exact) mass is 1830 g/mol. The first kappa shape index (κ1) is 100. The smallest absolute Gasteiger partial charge is 0.395 e. The molecule has 1 aromatic heterocycles. The Bertz CT molecular complexity index is 4810. The molecule has 5 aliphatic heterocycles. The maximum absolute atomic E-state index is 11.0. The van der Waals surface area contributed by atoms with E-state index < -0.39 is 61.8 Å². The Labute approximate surface area is 769 Å². The van der Waals surface area contributed by atoms with E-state index in [9.17, 15) is 35.9 Å². The Morgan fingerprint density at radius 3 is 0.937 bits per heavy atom. The number of aliphatic hydroxyl groups excluding tert-OH is 6. The molecule has 27 heteroatoms. The Kier molecular flexibility index (Phi) is 39.2. The van der Waals surface area contributed by atoms with Crippen LogP contribution >= 0.6 is 58.8 Å². The van der Waals surface area contributed by atoms with Crippen LogP contribution in [0.3, 0.4) is 0 Å². The van der Waals surface area contributed by atoms with Gasteiger partial charge in [-0.1, -0.05) is 273 Å². The summed E-state index contributed by atoms with van der Waals surface area (Å²) in [7, 11) is 3.21. The average Bonchev–Trinajstić information content (AvgIpc) is 1.58. The molecule has 0 amide bonds. The molecule has 0 bridgehead atoms. The van der Waals surface area contributed by atoms with Crippen molar-refractivity contribution in [3.05, 3.63) is 347 Å². The molecule has 15 rings (SSSR count). The fourth-order valence-corrected chi connectivity index (χ4v) is 22.9. The molecule has 680 valence electrons. The van der Waals surface area contributed by atoms with E-state index in [1.165, 1.54) is 49.2 Å². The summed E-state index contributed by atoms with van der Waals surface area (Å²) in [5, 5.41) is 84.2. The highest BCUT2D eigenvalue weighted by atomic mass is 32.2. The van der Waals surface area contributed by atoms with E-state index in [2.05, 4.69) is 92.7 Å². The summed E-state index contributed by atoms with van der Waals surface area (Å²) in [6.07, 6.45) is -2.80. The second kappa shape index (κ2) is 49.7. The van der Waals surface area contributed by atoms with Crippen molar-refractivity contribution in [3.8, 4) is 6.07 Å². The standard InChI is InChI=1S/C32H33N3O3S.C28H32O4S.C27H30O4S.C7H14O4S.C6H12O4S/c1-32(38-22-26-15-9-4-10-16-26)30(37-21-25-13-7-3-8-14-25)29(23-36-20-24-11-5-2-6-12-24)39-31(32)28-18-17-27(19-33)35(28)34;1-28(32-20-24-16-10-5-11-17-24)26(31-19-23-14-8-4-9-15-23)25(33-27(28)29-2)21-30-18-22-12-6-3-7-13-22;1-27(31-19-23-15-9-4-10-16-23)25(30-18-22-13-7-3-8-14-22)24(32-26(27)28)20-29-17-21-11-5-2-6-12-21;1-7(10)5(9)4(3-8)12-6(7)11-2;1-6(10)4(8)3(2-7)11-5(6)9/h2-18,29-31H,20-23,34H2,1H3;3-17,25-27H,18-21H2,1-2H3;2-16,24-26,28H,17-20H2,1H3;4-6,8-10H,3H2,1-2H3;3-5,7-10H,2H2,1H3/p+1/t29-,30-,31+,32-;25-,26-,27?,28-;24-,25-,26?,27-;4-,5-,6?,7-;3-,4-,5?,6-/m11111/s1. The molecule has 6 heterocycles. The van der Waals surface area contributed by atoms with Gasteiger partial charge in [-0.3, -0.25) is 4.68 Å². The van der Waals surface area contributed by atoms with Crippen molar-refractivity contribution in [1.29, 1.82) is 5.26 Å². The summed E-state index contributed by atoms with van der Waals surface area (Å²) in [6.45, 7) is 14.5. The van der Waals surface area contributed by atoms with E-state index in [-0.39, 0.29) is 64.6 Å².